The number of ether oxygens (including phenoxy) is 2. The summed E-state index contributed by atoms with van der Waals surface area (Å²) in [6.07, 6.45) is 0. The standard InChI is InChI=1S/C15H16N2O3/c1-18-14-6-3-11(7-15(14)19-2)9-17-10-13-5-4-12(8-16)20-13/h3-7,17H,9-10H2,1-2H3. The van der Waals surface area contributed by atoms with Gasteiger partial charge >= 0.3 is 0 Å². The van der Waals surface area contributed by atoms with Crippen molar-refractivity contribution >= 4 is 0 Å². The molecule has 0 saturated heterocycles. The van der Waals surface area contributed by atoms with E-state index in [4.69, 9.17) is 19.2 Å². The minimum atomic E-state index is 0.327. The van der Waals surface area contributed by atoms with Crippen LogP contribution in [-0.2, 0) is 13.1 Å². The average molecular weight is 272 g/mol. The first kappa shape index (κ1) is 14.0. The van der Waals surface area contributed by atoms with Gasteiger partial charge in [0.1, 0.15) is 11.8 Å². The first-order valence-corrected chi connectivity index (χ1v) is 6.17. The predicted octanol–water partition coefficient (Wildman–Crippen LogP) is 2.46. The van der Waals surface area contributed by atoms with Crippen LogP contribution in [-0.4, -0.2) is 14.2 Å². The second-order valence-corrected chi connectivity index (χ2v) is 4.17. The fourth-order valence-corrected chi connectivity index (χ4v) is 1.85. The Bertz CT molecular complexity index is 614. The van der Waals surface area contributed by atoms with Gasteiger partial charge in [-0.3, -0.25) is 0 Å². The van der Waals surface area contributed by atoms with Gasteiger partial charge in [0, 0.05) is 6.54 Å². The molecule has 1 aromatic heterocycles. The van der Waals surface area contributed by atoms with Gasteiger partial charge in [0.05, 0.1) is 20.8 Å². The lowest BCUT2D eigenvalue weighted by Gasteiger charge is -2.09. The van der Waals surface area contributed by atoms with E-state index in [-0.39, 0.29) is 0 Å². The Morgan fingerprint density at radius 1 is 1.10 bits per heavy atom. The van der Waals surface area contributed by atoms with Crippen LogP contribution < -0.4 is 14.8 Å². The van der Waals surface area contributed by atoms with Crippen LogP contribution in [0.4, 0.5) is 0 Å². The number of nitrogens with one attached hydrogen (secondary N) is 1. The van der Waals surface area contributed by atoms with Gasteiger partial charge < -0.3 is 19.2 Å². The van der Waals surface area contributed by atoms with Crippen molar-refractivity contribution in [3.05, 3.63) is 47.4 Å². The highest BCUT2D eigenvalue weighted by molar-refractivity contribution is 5.42. The molecule has 0 saturated carbocycles. The molecule has 0 unspecified atom stereocenters. The van der Waals surface area contributed by atoms with Gasteiger partial charge in [-0.05, 0) is 29.8 Å². The first-order valence-electron chi connectivity index (χ1n) is 6.17. The fraction of sp³-hybridized carbons (Fsp3) is 0.267. The Kier molecular flexibility index (Phi) is 4.64. The maximum atomic E-state index is 8.67. The maximum absolute atomic E-state index is 8.67. The van der Waals surface area contributed by atoms with Crippen LogP contribution >= 0.6 is 0 Å². The summed E-state index contributed by atoms with van der Waals surface area (Å²) in [4.78, 5) is 0. The highest BCUT2D eigenvalue weighted by Crippen LogP contribution is 2.27. The molecule has 0 atom stereocenters. The molecular weight excluding hydrogens is 256 g/mol. The van der Waals surface area contributed by atoms with Crippen LogP contribution in [0.5, 0.6) is 11.5 Å². The maximum Gasteiger partial charge on any atom is 0.203 e. The molecule has 5 heteroatoms. The molecule has 2 aromatic rings. The second-order valence-electron chi connectivity index (χ2n) is 4.17. The summed E-state index contributed by atoms with van der Waals surface area (Å²) in [5.74, 6) is 2.48. The van der Waals surface area contributed by atoms with Crippen molar-refractivity contribution in [1.82, 2.24) is 5.32 Å². The lowest BCUT2D eigenvalue weighted by Crippen LogP contribution is -2.12. The van der Waals surface area contributed by atoms with Crippen molar-refractivity contribution in [2.75, 3.05) is 14.2 Å². The number of benzene rings is 1. The van der Waals surface area contributed by atoms with Crippen LogP contribution in [0.3, 0.4) is 0 Å². The molecule has 0 fully saturated rings. The summed E-state index contributed by atoms with van der Waals surface area (Å²) in [5.41, 5.74) is 1.08. The summed E-state index contributed by atoms with van der Waals surface area (Å²) in [5, 5.41) is 11.9. The fourth-order valence-electron chi connectivity index (χ4n) is 1.85. The molecule has 0 aliphatic heterocycles. The van der Waals surface area contributed by atoms with E-state index in [9.17, 15) is 0 Å². The molecule has 20 heavy (non-hydrogen) atoms. The van der Waals surface area contributed by atoms with Crippen LogP contribution in [0, 0.1) is 11.3 Å². The molecule has 0 aliphatic rings. The Hall–Kier alpha value is -2.45. The van der Waals surface area contributed by atoms with E-state index >= 15 is 0 Å². The second kappa shape index (κ2) is 6.64. The van der Waals surface area contributed by atoms with Crippen molar-refractivity contribution < 1.29 is 13.9 Å². The number of methoxy groups -OCH3 is 2. The molecule has 1 aromatic carbocycles. The molecule has 0 amide bonds. The van der Waals surface area contributed by atoms with Crippen LogP contribution in [0.15, 0.2) is 34.7 Å². The largest absolute Gasteiger partial charge is 0.493 e. The van der Waals surface area contributed by atoms with E-state index in [0.717, 1.165) is 11.3 Å². The van der Waals surface area contributed by atoms with Gasteiger partial charge in [-0.25, -0.2) is 0 Å². The minimum Gasteiger partial charge on any atom is -0.493 e. The molecule has 2 rings (SSSR count). The molecule has 5 nitrogen and oxygen atoms in total. The van der Waals surface area contributed by atoms with Gasteiger partial charge in [-0.2, -0.15) is 5.26 Å². The number of rotatable bonds is 6. The molecule has 0 bridgehead atoms. The third-order valence-electron chi connectivity index (χ3n) is 2.85. The summed E-state index contributed by atoms with van der Waals surface area (Å²) in [7, 11) is 3.22. The Labute approximate surface area is 117 Å². The van der Waals surface area contributed by atoms with Gasteiger partial charge in [0.25, 0.3) is 0 Å². The Morgan fingerprint density at radius 3 is 2.55 bits per heavy atom. The molecule has 1 N–H and O–H groups in total. The van der Waals surface area contributed by atoms with Crippen molar-refractivity contribution in [3.8, 4) is 17.6 Å². The highest BCUT2D eigenvalue weighted by Gasteiger charge is 2.05. The zero-order chi connectivity index (χ0) is 14.4. The van der Waals surface area contributed by atoms with E-state index < -0.39 is 0 Å². The van der Waals surface area contributed by atoms with E-state index in [0.29, 0.717) is 30.3 Å². The molecule has 0 aliphatic carbocycles. The Morgan fingerprint density at radius 2 is 1.90 bits per heavy atom. The SMILES string of the molecule is COc1ccc(CNCc2ccc(C#N)o2)cc1OC. The quantitative estimate of drug-likeness (QED) is 0.875. The number of furan rings is 1. The van der Waals surface area contributed by atoms with E-state index in [2.05, 4.69) is 5.32 Å². The third kappa shape index (κ3) is 3.31. The molecular formula is C15H16N2O3. The van der Waals surface area contributed by atoms with Gasteiger partial charge in [0.2, 0.25) is 5.76 Å². The smallest absolute Gasteiger partial charge is 0.203 e. The first-order chi connectivity index (χ1) is 9.76. The summed E-state index contributed by atoms with van der Waals surface area (Å²) < 4.78 is 15.7. The molecule has 1 heterocycles. The lowest BCUT2D eigenvalue weighted by atomic mass is 10.2. The van der Waals surface area contributed by atoms with Crippen LogP contribution in [0.2, 0.25) is 0 Å². The number of hydrogen-bond acceptors (Lipinski definition) is 5. The topological polar surface area (TPSA) is 67.4 Å². The zero-order valence-electron chi connectivity index (χ0n) is 11.5. The van der Waals surface area contributed by atoms with Crippen molar-refractivity contribution in [2.24, 2.45) is 0 Å². The summed E-state index contributed by atoms with van der Waals surface area (Å²) >= 11 is 0. The third-order valence-corrected chi connectivity index (χ3v) is 2.85. The van der Waals surface area contributed by atoms with Crippen LogP contribution in [0.1, 0.15) is 17.1 Å². The monoisotopic (exact) mass is 272 g/mol. The van der Waals surface area contributed by atoms with Crippen molar-refractivity contribution in [2.45, 2.75) is 13.1 Å². The number of nitriles is 1. The van der Waals surface area contributed by atoms with E-state index in [1.807, 2.05) is 24.3 Å². The van der Waals surface area contributed by atoms with Crippen molar-refractivity contribution in [3.63, 3.8) is 0 Å². The minimum absolute atomic E-state index is 0.327. The van der Waals surface area contributed by atoms with Gasteiger partial charge in [-0.15, -0.1) is 0 Å². The molecule has 104 valence electrons. The average Bonchev–Trinajstić information content (AvgIpc) is 2.95. The Balaban J connectivity index is 1.92. The zero-order valence-corrected chi connectivity index (χ0v) is 11.5. The lowest BCUT2D eigenvalue weighted by molar-refractivity contribution is 0.354. The number of nitrogens with zero attached hydrogens (tertiary/aromatic N) is 1. The highest BCUT2D eigenvalue weighted by atomic mass is 16.5. The summed E-state index contributed by atoms with van der Waals surface area (Å²) in [6, 6.07) is 11.2. The van der Waals surface area contributed by atoms with Crippen LogP contribution in [0.25, 0.3) is 0 Å². The predicted molar refractivity (Wildman–Crippen MR) is 73.5 cm³/mol. The van der Waals surface area contributed by atoms with Gasteiger partial charge in [0.15, 0.2) is 11.5 Å². The van der Waals surface area contributed by atoms with E-state index in [1.54, 1.807) is 26.4 Å². The van der Waals surface area contributed by atoms with E-state index in [1.165, 1.54) is 0 Å². The normalized spacial score (nSPS) is 10.1. The summed E-state index contributed by atoms with van der Waals surface area (Å²) in [6.45, 7) is 1.24. The van der Waals surface area contributed by atoms with Gasteiger partial charge in [-0.1, -0.05) is 6.07 Å². The number of hydrogen-bond donors (Lipinski definition) is 1. The molecule has 0 radical (unpaired) electrons. The van der Waals surface area contributed by atoms with Crippen molar-refractivity contribution in [1.29, 1.82) is 5.26 Å². The molecule has 0 spiro atoms.